The third kappa shape index (κ3) is 4.08. The van der Waals surface area contributed by atoms with Crippen molar-refractivity contribution in [2.75, 3.05) is 45.7 Å². The van der Waals surface area contributed by atoms with E-state index in [9.17, 15) is 0 Å². The van der Waals surface area contributed by atoms with Crippen LogP contribution in [0.15, 0.2) is 42.7 Å². The van der Waals surface area contributed by atoms with Crippen LogP contribution < -0.4 is 5.32 Å². The number of imidazole rings is 1. The van der Waals surface area contributed by atoms with Crippen molar-refractivity contribution in [3.8, 4) is 5.69 Å². The molecule has 0 aliphatic carbocycles. The molecule has 5 nitrogen and oxygen atoms in total. The second kappa shape index (κ2) is 7.67. The summed E-state index contributed by atoms with van der Waals surface area (Å²) in [5.74, 6) is 0.872. The van der Waals surface area contributed by atoms with Gasteiger partial charge in [0.05, 0.1) is 6.61 Å². The molecule has 2 rings (SSSR count). The Morgan fingerprint density at radius 2 is 2.05 bits per heavy atom. The van der Waals surface area contributed by atoms with Gasteiger partial charge in [0.15, 0.2) is 0 Å². The standard InChI is InChI=1S/C15H22N4O/c1-18(12-13-20-2)10-8-16-15-17-9-11-19(15)14-6-4-3-5-7-14/h3-7,9,11H,8,10,12-13H2,1-2H3,(H,16,17). The van der Waals surface area contributed by atoms with Gasteiger partial charge in [0, 0.05) is 44.8 Å². The molecule has 0 aliphatic heterocycles. The van der Waals surface area contributed by atoms with Crippen molar-refractivity contribution in [2.24, 2.45) is 0 Å². The lowest BCUT2D eigenvalue weighted by Gasteiger charge is -2.16. The van der Waals surface area contributed by atoms with Crippen LogP contribution in [0.3, 0.4) is 0 Å². The summed E-state index contributed by atoms with van der Waals surface area (Å²) < 4.78 is 7.11. The smallest absolute Gasteiger partial charge is 0.207 e. The van der Waals surface area contributed by atoms with E-state index in [0.29, 0.717) is 0 Å². The second-order valence-corrected chi connectivity index (χ2v) is 4.68. The van der Waals surface area contributed by atoms with E-state index in [1.807, 2.05) is 30.6 Å². The molecule has 2 aromatic rings. The van der Waals surface area contributed by atoms with E-state index in [4.69, 9.17) is 4.74 Å². The van der Waals surface area contributed by atoms with Gasteiger partial charge in [-0.25, -0.2) is 4.98 Å². The Morgan fingerprint density at radius 1 is 1.25 bits per heavy atom. The van der Waals surface area contributed by atoms with E-state index in [-0.39, 0.29) is 0 Å². The number of anilines is 1. The van der Waals surface area contributed by atoms with E-state index in [1.54, 1.807) is 7.11 Å². The molecular weight excluding hydrogens is 252 g/mol. The molecule has 1 heterocycles. The predicted molar refractivity (Wildman–Crippen MR) is 81.4 cm³/mol. The van der Waals surface area contributed by atoms with Crippen molar-refractivity contribution < 1.29 is 4.74 Å². The fourth-order valence-corrected chi connectivity index (χ4v) is 1.95. The van der Waals surface area contributed by atoms with Crippen molar-refractivity contribution in [2.45, 2.75) is 0 Å². The maximum Gasteiger partial charge on any atom is 0.207 e. The molecule has 0 saturated heterocycles. The summed E-state index contributed by atoms with van der Waals surface area (Å²) in [5.41, 5.74) is 1.11. The summed E-state index contributed by atoms with van der Waals surface area (Å²) >= 11 is 0. The summed E-state index contributed by atoms with van der Waals surface area (Å²) in [6.45, 7) is 3.50. The minimum absolute atomic E-state index is 0.759. The van der Waals surface area contributed by atoms with Gasteiger partial charge in [0.25, 0.3) is 0 Å². The molecule has 20 heavy (non-hydrogen) atoms. The molecule has 0 unspecified atom stereocenters. The van der Waals surface area contributed by atoms with E-state index in [0.717, 1.165) is 37.9 Å². The minimum Gasteiger partial charge on any atom is -0.383 e. The zero-order valence-electron chi connectivity index (χ0n) is 12.1. The lowest BCUT2D eigenvalue weighted by Crippen LogP contribution is -2.28. The van der Waals surface area contributed by atoms with Crippen molar-refractivity contribution >= 4 is 5.95 Å². The quantitative estimate of drug-likeness (QED) is 0.798. The molecule has 0 fully saturated rings. The van der Waals surface area contributed by atoms with Gasteiger partial charge in [0.2, 0.25) is 5.95 Å². The van der Waals surface area contributed by atoms with Gasteiger partial charge in [-0.2, -0.15) is 0 Å². The maximum atomic E-state index is 5.06. The average molecular weight is 274 g/mol. The van der Waals surface area contributed by atoms with Crippen LogP contribution in [0.5, 0.6) is 0 Å². The molecule has 0 saturated carbocycles. The minimum atomic E-state index is 0.759. The number of aromatic nitrogens is 2. The van der Waals surface area contributed by atoms with Crippen LogP contribution in [0.2, 0.25) is 0 Å². The number of likely N-dealkylation sites (N-methyl/N-ethyl adjacent to an activating group) is 1. The van der Waals surface area contributed by atoms with Crippen LogP contribution in [0.25, 0.3) is 5.69 Å². The Hall–Kier alpha value is -1.85. The molecule has 5 heteroatoms. The molecule has 0 radical (unpaired) electrons. The summed E-state index contributed by atoms with van der Waals surface area (Å²) in [6, 6.07) is 10.2. The largest absolute Gasteiger partial charge is 0.383 e. The second-order valence-electron chi connectivity index (χ2n) is 4.68. The summed E-state index contributed by atoms with van der Waals surface area (Å²) in [4.78, 5) is 6.59. The highest BCUT2D eigenvalue weighted by Gasteiger charge is 2.04. The lowest BCUT2D eigenvalue weighted by atomic mass is 10.3. The highest BCUT2D eigenvalue weighted by molar-refractivity contribution is 5.41. The number of nitrogens with one attached hydrogen (secondary N) is 1. The Kier molecular flexibility index (Phi) is 5.58. The van der Waals surface area contributed by atoms with Crippen molar-refractivity contribution in [1.29, 1.82) is 0 Å². The Bertz CT molecular complexity index is 498. The van der Waals surface area contributed by atoms with Gasteiger partial charge in [-0.15, -0.1) is 0 Å². The van der Waals surface area contributed by atoms with Gasteiger partial charge < -0.3 is 15.0 Å². The number of benzene rings is 1. The van der Waals surface area contributed by atoms with Crippen LogP contribution in [-0.2, 0) is 4.74 Å². The third-order valence-corrected chi connectivity index (χ3v) is 3.13. The first-order valence-corrected chi connectivity index (χ1v) is 6.81. The molecule has 0 amide bonds. The van der Waals surface area contributed by atoms with Gasteiger partial charge in [0.1, 0.15) is 0 Å². The van der Waals surface area contributed by atoms with Crippen LogP contribution in [0.4, 0.5) is 5.95 Å². The van der Waals surface area contributed by atoms with E-state index in [1.165, 1.54) is 0 Å². The van der Waals surface area contributed by atoms with Crippen molar-refractivity contribution in [1.82, 2.24) is 14.5 Å². The highest BCUT2D eigenvalue weighted by Crippen LogP contribution is 2.13. The van der Waals surface area contributed by atoms with Gasteiger partial charge >= 0.3 is 0 Å². The number of hydrogen-bond acceptors (Lipinski definition) is 4. The molecule has 1 aromatic carbocycles. The number of ether oxygens (including phenoxy) is 1. The fraction of sp³-hybridized carbons (Fsp3) is 0.400. The zero-order valence-corrected chi connectivity index (χ0v) is 12.1. The molecule has 0 spiro atoms. The van der Waals surface area contributed by atoms with Crippen LogP contribution >= 0.6 is 0 Å². The molecule has 1 aromatic heterocycles. The van der Waals surface area contributed by atoms with Crippen LogP contribution in [0.1, 0.15) is 0 Å². The number of nitrogens with zero attached hydrogens (tertiary/aromatic N) is 3. The number of methoxy groups -OCH3 is 1. The number of hydrogen-bond donors (Lipinski definition) is 1. The monoisotopic (exact) mass is 274 g/mol. The lowest BCUT2D eigenvalue weighted by molar-refractivity contribution is 0.163. The fourth-order valence-electron chi connectivity index (χ4n) is 1.95. The topological polar surface area (TPSA) is 42.3 Å². The maximum absolute atomic E-state index is 5.06. The summed E-state index contributed by atoms with van der Waals surface area (Å²) in [7, 11) is 3.81. The van der Waals surface area contributed by atoms with Crippen LogP contribution in [0, 0.1) is 0 Å². The number of rotatable bonds is 8. The van der Waals surface area contributed by atoms with Crippen molar-refractivity contribution in [3.05, 3.63) is 42.7 Å². The molecule has 108 valence electrons. The van der Waals surface area contributed by atoms with Gasteiger partial charge in [-0.05, 0) is 19.2 Å². The average Bonchev–Trinajstić information content (AvgIpc) is 2.94. The molecule has 0 bridgehead atoms. The first kappa shape index (κ1) is 14.6. The van der Waals surface area contributed by atoms with Crippen molar-refractivity contribution in [3.63, 3.8) is 0 Å². The predicted octanol–water partition coefficient (Wildman–Crippen LogP) is 1.86. The Balaban J connectivity index is 1.87. The molecule has 0 aliphatic rings. The first-order chi connectivity index (χ1) is 9.81. The molecule has 0 atom stereocenters. The third-order valence-electron chi connectivity index (χ3n) is 3.13. The molecule has 1 N–H and O–H groups in total. The highest BCUT2D eigenvalue weighted by atomic mass is 16.5. The summed E-state index contributed by atoms with van der Waals surface area (Å²) in [6.07, 6.45) is 3.77. The Labute approximate surface area is 120 Å². The van der Waals surface area contributed by atoms with Crippen LogP contribution in [-0.4, -0.2) is 54.8 Å². The molecular formula is C15H22N4O. The van der Waals surface area contributed by atoms with E-state index in [2.05, 4.69) is 38.9 Å². The first-order valence-electron chi connectivity index (χ1n) is 6.81. The zero-order chi connectivity index (χ0) is 14.2. The normalized spacial score (nSPS) is 10.9. The van der Waals surface area contributed by atoms with E-state index < -0.39 is 0 Å². The number of para-hydroxylation sites is 1. The van der Waals surface area contributed by atoms with E-state index >= 15 is 0 Å². The SMILES string of the molecule is COCCN(C)CCNc1nccn1-c1ccccc1. The summed E-state index contributed by atoms with van der Waals surface area (Å²) in [5, 5.41) is 3.37. The van der Waals surface area contributed by atoms with Gasteiger partial charge in [-0.3, -0.25) is 4.57 Å². The van der Waals surface area contributed by atoms with Gasteiger partial charge in [-0.1, -0.05) is 18.2 Å². The Morgan fingerprint density at radius 3 is 2.80 bits per heavy atom.